The normalized spacial score (nSPS) is 20.6. The van der Waals surface area contributed by atoms with E-state index in [4.69, 9.17) is 5.73 Å². The molecule has 2 N–H and O–H groups in total. The summed E-state index contributed by atoms with van der Waals surface area (Å²) in [5.41, 5.74) is 7.02. The Labute approximate surface area is 121 Å². The predicted molar refractivity (Wildman–Crippen MR) is 80.0 cm³/mol. The molecule has 0 aliphatic carbocycles. The lowest BCUT2D eigenvalue weighted by Gasteiger charge is -2.37. The molecule has 19 heavy (non-hydrogen) atoms. The predicted octanol–water partition coefficient (Wildman–Crippen LogP) is 3.37. The molecule has 1 aliphatic rings. The highest BCUT2D eigenvalue weighted by molar-refractivity contribution is 5.85. The standard InChI is InChI=1S/C15H23FN2.ClH/c1-11(17)13-6-8-18(9-7-13)12(2)14-4-3-5-15(16)10-14;/h3-5,10-13H,6-9,17H2,1-2H3;1H. The second-order valence-electron chi connectivity index (χ2n) is 5.46. The molecule has 1 aliphatic heterocycles. The molecular weight excluding hydrogens is 263 g/mol. The van der Waals surface area contributed by atoms with E-state index in [0.717, 1.165) is 31.5 Å². The molecule has 0 aromatic heterocycles. The molecule has 2 unspecified atom stereocenters. The minimum Gasteiger partial charge on any atom is -0.328 e. The van der Waals surface area contributed by atoms with E-state index in [1.54, 1.807) is 12.1 Å². The van der Waals surface area contributed by atoms with Crippen molar-refractivity contribution in [3.8, 4) is 0 Å². The first-order valence-corrected chi connectivity index (χ1v) is 6.83. The highest BCUT2D eigenvalue weighted by Gasteiger charge is 2.25. The van der Waals surface area contributed by atoms with E-state index in [0.29, 0.717) is 5.92 Å². The van der Waals surface area contributed by atoms with Gasteiger partial charge in [0.25, 0.3) is 0 Å². The molecule has 2 rings (SSSR count). The molecule has 0 radical (unpaired) electrons. The Morgan fingerprint density at radius 1 is 1.26 bits per heavy atom. The summed E-state index contributed by atoms with van der Waals surface area (Å²) in [5.74, 6) is 0.491. The number of hydrogen-bond donors (Lipinski definition) is 1. The summed E-state index contributed by atoms with van der Waals surface area (Å²) in [5, 5.41) is 0. The molecule has 4 heteroatoms. The molecule has 0 saturated carbocycles. The lowest BCUT2D eigenvalue weighted by molar-refractivity contribution is 0.132. The SMILES string of the molecule is CC(N)C1CCN(C(C)c2cccc(F)c2)CC1.Cl. The van der Waals surface area contributed by atoms with Crippen LogP contribution in [0.4, 0.5) is 4.39 Å². The Balaban J connectivity index is 0.00000180. The lowest BCUT2D eigenvalue weighted by atomic mass is 9.90. The Hall–Kier alpha value is -0.640. The van der Waals surface area contributed by atoms with Gasteiger partial charge in [0.15, 0.2) is 0 Å². The van der Waals surface area contributed by atoms with Crippen LogP contribution < -0.4 is 5.73 Å². The summed E-state index contributed by atoms with van der Waals surface area (Å²) < 4.78 is 13.2. The monoisotopic (exact) mass is 286 g/mol. The van der Waals surface area contributed by atoms with Crippen LogP contribution in [0.15, 0.2) is 24.3 Å². The van der Waals surface area contributed by atoms with Gasteiger partial charge >= 0.3 is 0 Å². The van der Waals surface area contributed by atoms with Crippen LogP contribution in [-0.2, 0) is 0 Å². The van der Waals surface area contributed by atoms with Crippen LogP contribution in [0.5, 0.6) is 0 Å². The van der Waals surface area contributed by atoms with Crippen LogP contribution >= 0.6 is 12.4 Å². The van der Waals surface area contributed by atoms with Gasteiger partial charge in [-0.25, -0.2) is 4.39 Å². The first-order chi connectivity index (χ1) is 8.58. The minimum absolute atomic E-state index is 0. The second kappa shape index (κ2) is 7.22. The second-order valence-corrected chi connectivity index (χ2v) is 5.46. The highest BCUT2D eigenvalue weighted by atomic mass is 35.5. The van der Waals surface area contributed by atoms with Gasteiger partial charge in [-0.3, -0.25) is 4.90 Å². The number of rotatable bonds is 3. The fourth-order valence-electron chi connectivity index (χ4n) is 2.81. The lowest BCUT2D eigenvalue weighted by Crippen LogP contribution is -2.40. The third kappa shape index (κ3) is 4.16. The molecule has 2 atom stereocenters. The van der Waals surface area contributed by atoms with Crippen molar-refractivity contribution >= 4 is 12.4 Å². The van der Waals surface area contributed by atoms with Gasteiger partial charge in [-0.05, 0) is 63.4 Å². The molecule has 0 spiro atoms. The molecule has 1 saturated heterocycles. The van der Waals surface area contributed by atoms with Gasteiger partial charge in [-0.2, -0.15) is 0 Å². The van der Waals surface area contributed by atoms with Crippen molar-refractivity contribution < 1.29 is 4.39 Å². The third-order valence-corrected chi connectivity index (χ3v) is 4.20. The van der Waals surface area contributed by atoms with Gasteiger partial charge in [0, 0.05) is 12.1 Å². The van der Waals surface area contributed by atoms with Crippen LogP contribution in [-0.4, -0.2) is 24.0 Å². The summed E-state index contributed by atoms with van der Waals surface area (Å²) in [6.07, 6.45) is 2.30. The quantitative estimate of drug-likeness (QED) is 0.923. The molecular formula is C15H24ClFN2. The molecule has 1 fully saturated rings. The minimum atomic E-state index is -0.148. The molecule has 0 amide bonds. The molecule has 1 aromatic carbocycles. The maximum atomic E-state index is 13.2. The van der Waals surface area contributed by atoms with E-state index in [2.05, 4.69) is 18.7 Å². The Morgan fingerprint density at radius 2 is 1.89 bits per heavy atom. The van der Waals surface area contributed by atoms with Crippen molar-refractivity contribution in [3.05, 3.63) is 35.6 Å². The number of piperidine rings is 1. The van der Waals surface area contributed by atoms with Crippen molar-refractivity contribution in [1.82, 2.24) is 4.90 Å². The Morgan fingerprint density at radius 3 is 2.42 bits per heavy atom. The van der Waals surface area contributed by atoms with E-state index in [9.17, 15) is 4.39 Å². The van der Waals surface area contributed by atoms with E-state index < -0.39 is 0 Å². The maximum absolute atomic E-state index is 13.2. The van der Waals surface area contributed by atoms with Gasteiger partial charge in [0.2, 0.25) is 0 Å². The fraction of sp³-hybridized carbons (Fsp3) is 0.600. The zero-order chi connectivity index (χ0) is 13.1. The molecule has 108 valence electrons. The smallest absolute Gasteiger partial charge is 0.123 e. The van der Waals surface area contributed by atoms with Gasteiger partial charge in [-0.15, -0.1) is 12.4 Å². The van der Waals surface area contributed by atoms with E-state index in [1.807, 2.05) is 6.07 Å². The summed E-state index contributed by atoms with van der Waals surface area (Å²) >= 11 is 0. The Bertz CT molecular complexity index is 389. The summed E-state index contributed by atoms with van der Waals surface area (Å²) in [4.78, 5) is 2.42. The van der Waals surface area contributed by atoms with E-state index in [-0.39, 0.29) is 30.3 Å². The first kappa shape index (κ1) is 16.4. The van der Waals surface area contributed by atoms with Crippen molar-refractivity contribution in [2.45, 2.75) is 38.8 Å². The zero-order valence-electron chi connectivity index (χ0n) is 11.7. The topological polar surface area (TPSA) is 29.3 Å². The Kier molecular flexibility index (Phi) is 6.24. The first-order valence-electron chi connectivity index (χ1n) is 6.83. The largest absolute Gasteiger partial charge is 0.328 e. The number of halogens is 2. The third-order valence-electron chi connectivity index (χ3n) is 4.20. The van der Waals surface area contributed by atoms with Crippen LogP contribution in [0.25, 0.3) is 0 Å². The summed E-state index contributed by atoms with van der Waals surface area (Å²) in [6.45, 7) is 6.37. The molecule has 1 heterocycles. The molecule has 1 aromatic rings. The summed E-state index contributed by atoms with van der Waals surface area (Å²) in [6, 6.07) is 7.51. The number of benzene rings is 1. The molecule has 0 bridgehead atoms. The van der Waals surface area contributed by atoms with E-state index >= 15 is 0 Å². The number of likely N-dealkylation sites (tertiary alicyclic amines) is 1. The van der Waals surface area contributed by atoms with Crippen LogP contribution in [0.2, 0.25) is 0 Å². The van der Waals surface area contributed by atoms with Gasteiger partial charge in [0.05, 0.1) is 0 Å². The maximum Gasteiger partial charge on any atom is 0.123 e. The highest BCUT2D eigenvalue weighted by Crippen LogP contribution is 2.27. The van der Waals surface area contributed by atoms with Gasteiger partial charge in [-0.1, -0.05) is 12.1 Å². The van der Waals surface area contributed by atoms with Gasteiger partial charge in [0.1, 0.15) is 5.82 Å². The van der Waals surface area contributed by atoms with Crippen LogP contribution in [0.3, 0.4) is 0 Å². The van der Waals surface area contributed by atoms with E-state index in [1.165, 1.54) is 6.07 Å². The van der Waals surface area contributed by atoms with Crippen molar-refractivity contribution in [2.75, 3.05) is 13.1 Å². The fourth-order valence-corrected chi connectivity index (χ4v) is 2.81. The number of nitrogens with two attached hydrogens (primary N) is 1. The number of nitrogens with zero attached hydrogens (tertiary/aromatic N) is 1. The van der Waals surface area contributed by atoms with Crippen LogP contribution in [0, 0.1) is 11.7 Å². The molecule has 2 nitrogen and oxygen atoms in total. The average Bonchev–Trinajstić information content (AvgIpc) is 2.38. The van der Waals surface area contributed by atoms with Crippen molar-refractivity contribution in [3.63, 3.8) is 0 Å². The summed E-state index contributed by atoms with van der Waals surface area (Å²) in [7, 11) is 0. The average molecular weight is 287 g/mol. The van der Waals surface area contributed by atoms with Crippen molar-refractivity contribution in [2.24, 2.45) is 11.7 Å². The zero-order valence-corrected chi connectivity index (χ0v) is 12.5. The van der Waals surface area contributed by atoms with Crippen molar-refractivity contribution in [1.29, 1.82) is 0 Å². The number of hydrogen-bond acceptors (Lipinski definition) is 2. The van der Waals surface area contributed by atoms with Gasteiger partial charge < -0.3 is 5.73 Å². The van der Waals surface area contributed by atoms with Crippen LogP contribution in [0.1, 0.15) is 38.3 Å².